The van der Waals surface area contributed by atoms with Crippen LogP contribution in [0.2, 0.25) is 0 Å². The summed E-state index contributed by atoms with van der Waals surface area (Å²) in [5.74, 6) is 0. The normalized spacial score (nSPS) is 10.3. The summed E-state index contributed by atoms with van der Waals surface area (Å²) in [7, 11) is 0. The highest BCUT2D eigenvalue weighted by atomic mass is 19.4. The van der Waals surface area contributed by atoms with Gasteiger partial charge in [-0.25, -0.2) is 0 Å². The molecule has 2 aromatic rings. The SMILES string of the molecule is CC=O.Cc1ccccc1Nc1ccc(C(F)(F)F)cc1. The zero-order valence-electron chi connectivity index (χ0n) is 11.7. The first-order chi connectivity index (χ1) is 9.88. The lowest BCUT2D eigenvalue weighted by atomic mass is 10.1. The number of para-hydroxylation sites is 1. The minimum atomic E-state index is -4.29. The van der Waals surface area contributed by atoms with Crippen molar-refractivity contribution >= 4 is 17.7 Å². The highest BCUT2D eigenvalue weighted by Gasteiger charge is 2.29. The highest BCUT2D eigenvalue weighted by molar-refractivity contribution is 5.63. The number of halogens is 3. The van der Waals surface area contributed by atoms with Gasteiger partial charge >= 0.3 is 6.18 Å². The molecular formula is C16H16F3NO. The topological polar surface area (TPSA) is 29.1 Å². The molecule has 2 aromatic carbocycles. The molecule has 0 saturated heterocycles. The maximum atomic E-state index is 12.4. The van der Waals surface area contributed by atoms with Gasteiger partial charge in [-0.05, 0) is 49.7 Å². The summed E-state index contributed by atoms with van der Waals surface area (Å²) < 4.78 is 37.2. The number of benzene rings is 2. The molecule has 0 aliphatic carbocycles. The second-order valence-electron chi connectivity index (χ2n) is 4.25. The van der Waals surface area contributed by atoms with Crippen molar-refractivity contribution in [3.63, 3.8) is 0 Å². The van der Waals surface area contributed by atoms with E-state index in [0.29, 0.717) is 5.69 Å². The number of aryl methyl sites for hydroxylation is 1. The molecule has 0 amide bonds. The van der Waals surface area contributed by atoms with Crippen molar-refractivity contribution in [3.05, 3.63) is 59.7 Å². The van der Waals surface area contributed by atoms with Gasteiger partial charge in [0, 0.05) is 11.4 Å². The Morgan fingerprint density at radius 2 is 1.52 bits per heavy atom. The minimum absolute atomic E-state index is 0.636. The summed E-state index contributed by atoms with van der Waals surface area (Å²) in [4.78, 5) is 8.81. The van der Waals surface area contributed by atoms with Crippen molar-refractivity contribution < 1.29 is 18.0 Å². The summed E-state index contributed by atoms with van der Waals surface area (Å²) in [5, 5.41) is 3.08. The third kappa shape index (κ3) is 5.30. The number of hydrogen-bond acceptors (Lipinski definition) is 2. The van der Waals surface area contributed by atoms with E-state index in [0.717, 1.165) is 29.7 Å². The summed E-state index contributed by atoms with van der Waals surface area (Å²) in [6.45, 7) is 3.38. The Morgan fingerprint density at radius 3 is 2.00 bits per heavy atom. The van der Waals surface area contributed by atoms with Gasteiger partial charge in [0.25, 0.3) is 0 Å². The number of alkyl halides is 3. The number of carbonyl (C=O) groups excluding carboxylic acids is 1. The molecule has 2 nitrogen and oxygen atoms in total. The molecule has 0 heterocycles. The molecule has 1 N–H and O–H groups in total. The van der Waals surface area contributed by atoms with Crippen LogP contribution in [0.4, 0.5) is 24.5 Å². The van der Waals surface area contributed by atoms with Crippen molar-refractivity contribution in [2.45, 2.75) is 20.0 Å². The fraction of sp³-hybridized carbons (Fsp3) is 0.188. The van der Waals surface area contributed by atoms with E-state index in [1.54, 1.807) is 0 Å². The molecule has 0 radical (unpaired) electrons. The van der Waals surface area contributed by atoms with Crippen LogP contribution < -0.4 is 5.32 Å². The Labute approximate surface area is 121 Å². The van der Waals surface area contributed by atoms with Crippen molar-refractivity contribution in [1.29, 1.82) is 0 Å². The van der Waals surface area contributed by atoms with Crippen LogP contribution in [-0.2, 0) is 11.0 Å². The predicted molar refractivity (Wildman–Crippen MR) is 77.6 cm³/mol. The summed E-state index contributed by atoms with van der Waals surface area (Å²) in [6.07, 6.45) is -3.54. The molecule has 112 valence electrons. The van der Waals surface area contributed by atoms with E-state index in [2.05, 4.69) is 5.32 Å². The lowest BCUT2D eigenvalue weighted by Gasteiger charge is -2.11. The monoisotopic (exact) mass is 295 g/mol. The number of hydrogen-bond donors (Lipinski definition) is 1. The second-order valence-corrected chi connectivity index (χ2v) is 4.25. The number of anilines is 2. The molecule has 0 saturated carbocycles. The molecule has 21 heavy (non-hydrogen) atoms. The van der Waals surface area contributed by atoms with E-state index in [-0.39, 0.29) is 0 Å². The van der Waals surface area contributed by atoms with Crippen LogP contribution in [0.25, 0.3) is 0 Å². The molecule has 0 unspecified atom stereocenters. The maximum Gasteiger partial charge on any atom is 0.416 e. The van der Waals surface area contributed by atoms with E-state index in [1.165, 1.54) is 19.1 Å². The lowest BCUT2D eigenvalue weighted by molar-refractivity contribution is -0.137. The van der Waals surface area contributed by atoms with Gasteiger partial charge in [-0.15, -0.1) is 0 Å². The average Bonchev–Trinajstić information content (AvgIpc) is 2.42. The van der Waals surface area contributed by atoms with Crippen LogP contribution in [0.15, 0.2) is 48.5 Å². The summed E-state index contributed by atoms with van der Waals surface area (Å²) >= 11 is 0. The minimum Gasteiger partial charge on any atom is -0.355 e. The third-order valence-corrected chi connectivity index (χ3v) is 2.64. The zero-order valence-corrected chi connectivity index (χ0v) is 11.7. The predicted octanol–water partition coefficient (Wildman–Crippen LogP) is 4.96. The van der Waals surface area contributed by atoms with Crippen molar-refractivity contribution in [2.24, 2.45) is 0 Å². The first-order valence-electron chi connectivity index (χ1n) is 6.28. The number of aldehydes is 1. The largest absolute Gasteiger partial charge is 0.416 e. The number of rotatable bonds is 2. The Bertz CT molecular complexity index is 577. The maximum absolute atomic E-state index is 12.4. The van der Waals surface area contributed by atoms with Gasteiger partial charge in [0.05, 0.1) is 5.56 Å². The van der Waals surface area contributed by atoms with Crippen LogP contribution in [0.3, 0.4) is 0 Å². The number of nitrogens with one attached hydrogen (secondary N) is 1. The van der Waals surface area contributed by atoms with Crippen LogP contribution in [0, 0.1) is 6.92 Å². The van der Waals surface area contributed by atoms with Crippen molar-refractivity contribution in [3.8, 4) is 0 Å². The van der Waals surface area contributed by atoms with Gasteiger partial charge in [0.15, 0.2) is 0 Å². The standard InChI is InChI=1S/C14H12F3N.C2H4O/c1-10-4-2-3-5-13(10)18-12-8-6-11(7-9-12)14(15,16)17;1-2-3/h2-9,18H,1H3;2H,1H3. The molecule has 2 rings (SSSR count). The molecule has 0 aromatic heterocycles. The van der Waals surface area contributed by atoms with E-state index in [1.807, 2.05) is 31.2 Å². The molecule has 5 heteroatoms. The van der Waals surface area contributed by atoms with Gasteiger partial charge < -0.3 is 10.1 Å². The van der Waals surface area contributed by atoms with Gasteiger partial charge in [0.2, 0.25) is 0 Å². The van der Waals surface area contributed by atoms with Gasteiger partial charge in [0.1, 0.15) is 6.29 Å². The quantitative estimate of drug-likeness (QED) is 0.793. The van der Waals surface area contributed by atoms with E-state index in [4.69, 9.17) is 4.79 Å². The molecule has 0 fully saturated rings. The molecule has 0 atom stereocenters. The van der Waals surface area contributed by atoms with Crippen molar-refractivity contribution in [2.75, 3.05) is 5.32 Å². The van der Waals surface area contributed by atoms with Crippen LogP contribution >= 0.6 is 0 Å². The van der Waals surface area contributed by atoms with Crippen LogP contribution in [-0.4, -0.2) is 6.29 Å². The van der Waals surface area contributed by atoms with E-state index in [9.17, 15) is 13.2 Å². The summed E-state index contributed by atoms with van der Waals surface area (Å²) in [5.41, 5.74) is 1.92. The van der Waals surface area contributed by atoms with Gasteiger partial charge in [-0.1, -0.05) is 18.2 Å². The Hall–Kier alpha value is -2.30. The molecule has 0 spiro atoms. The fourth-order valence-corrected chi connectivity index (χ4v) is 1.61. The smallest absolute Gasteiger partial charge is 0.355 e. The van der Waals surface area contributed by atoms with Crippen molar-refractivity contribution in [1.82, 2.24) is 0 Å². The molecule has 0 aliphatic rings. The first-order valence-corrected chi connectivity index (χ1v) is 6.28. The Balaban J connectivity index is 0.000000677. The average molecular weight is 295 g/mol. The van der Waals surface area contributed by atoms with E-state index >= 15 is 0 Å². The highest BCUT2D eigenvalue weighted by Crippen LogP contribution is 2.30. The van der Waals surface area contributed by atoms with Crippen LogP contribution in [0.5, 0.6) is 0 Å². The second kappa shape index (κ2) is 7.47. The van der Waals surface area contributed by atoms with E-state index < -0.39 is 11.7 Å². The summed E-state index contributed by atoms with van der Waals surface area (Å²) in [6, 6.07) is 12.6. The zero-order chi connectivity index (χ0) is 15.9. The third-order valence-electron chi connectivity index (χ3n) is 2.64. The van der Waals surface area contributed by atoms with Gasteiger partial charge in [-0.3, -0.25) is 0 Å². The lowest BCUT2D eigenvalue weighted by Crippen LogP contribution is -2.04. The fourth-order valence-electron chi connectivity index (χ4n) is 1.61. The van der Waals surface area contributed by atoms with Gasteiger partial charge in [-0.2, -0.15) is 13.2 Å². The molecular weight excluding hydrogens is 279 g/mol. The Morgan fingerprint density at radius 1 is 1.00 bits per heavy atom. The van der Waals surface area contributed by atoms with Crippen LogP contribution in [0.1, 0.15) is 18.1 Å². The Kier molecular flexibility index (Phi) is 5.96. The first kappa shape index (κ1) is 16.8. The molecule has 0 aliphatic heterocycles. The number of carbonyl (C=O) groups is 1. The molecule has 0 bridgehead atoms.